The monoisotopic (exact) mass is 437 g/mol. The van der Waals surface area contributed by atoms with Crippen LogP contribution in [0.5, 0.6) is 5.75 Å². The third-order valence-corrected chi connectivity index (χ3v) is 4.91. The maximum Gasteiger partial charge on any atom is 0.408 e. The van der Waals surface area contributed by atoms with Gasteiger partial charge in [-0.1, -0.05) is 57.0 Å². The lowest BCUT2D eigenvalue weighted by atomic mass is 10.1. The molecule has 3 aromatic rings. The van der Waals surface area contributed by atoms with Gasteiger partial charge in [0.25, 0.3) is 0 Å². The Hall–Kier alpha value is -3.61. The Bertz CT molecular complexity index is 1120. The molecule has 0 saturated carbocycles. The van der Waals surface area contributed by atoms with E-state index >= 15 is 0 Å². The van der Waals surface area contributed by atoms with Crippen molar-refractivity contribution >= 4 is 23.0 Å². The molecule has 0 aliphatic rings. The van der Waals surface area contributed by atoms with E-state index in [1.807, 2.05) is 44.2 Å². The Morgan fingerprint density at radius 2 is 1.81 bits per heavy atom. The molecule has 7 nitrogen and oxygen atoms in total. The van der Waals surface area contributed by atoms with Crippen molar-refractivity contribution < 1.29 is 23.5 Å². The van der Waals surface area contributed by atoms with Crippen molar-refractivity contribution in [1.82, 2.24) is 5.32 Å². The van der Waals surface area contributed by atoms with Crippen LogP contribution in [0.15, 0.2) is 63.8 Å². The molecule has 2 aromatic carbocycles. The minimum atomic E-state index is -0.864. The number of nitrogens with one attached hydrogen (secondary N) is 1. The number of carbonyl (C=O) groups excluding carboxylic acids is 2. The first-order valence-corrected chi connectivity index (χ1v) is 10.8. The molecule has 0 radical (unpaired) electrons. The van der Waals surface area contributed by atoms with Crippen molar-refractivity contribution in [2.45, 2.75) is 52.2 Å². The van der Waals surface area contributed by atoms with Crippen LogP contribution in [0.25, 0.3) is 11.0 Å². The molecule has 0 spiro atoms. The zero-order valence-electron chi connectivity index (χ0n) is 18.3. The van der Waals surface area contributed by atoms with E-state index in [-0.39, 0.29) is 12.4 Å². The molecular formula is C25H27NO6. The quantitative estimate of drug-likeness (QED) is 0.295. The summed E-state index contributed by atoms with van der Waals surface area (Å²) in [6, 6.07) is 14.8. The molecule has 32 heavy (non-hydrogen) atoms. The van der Waals surface area contributed by atoms with E-state index in [9.17, 15) is 14.4 Å². The summed E-state index contributed by atoms with van der Waals surface area (Å²) in [7, 11) is 0. The van der Waals surface area contributed by atoms with Crippen LogP contribution in [-0.4, -0.2) is 18.1 Å². The number of alkyl carbamates (subject to hydrolysis) is 1. The number of amides is 1. The Morgan fingerprint density at radius 3 is 2.53 bits per heavy atom. The Morgan fingerprint density at radius 1 is 1.03 bits per heavy atom. The number of fused-ring (bicyclic) bond motifs is 1. The van der Waals surface area contributed by atoms with Crippen molar-refractivity contribution in [1.29, 1.82) is 0 Å². The number of ether oxygens (including phenoxy) is 2. The number of carbonyl (C=O) groups is 2. The smallest absolute Gasteiger partial charge is 0.408 e. The molecule has 0 aliphatic carbocycles. The normalized spacial score (nSPS) is 11.7. The van der Waals surface area contributed by atoms with Crippen molar-refractivity contribution in [3.63, 3.8) is 0 Å². The highest BCUT2D eigenvalue weighted by molar-refractivity contribution is 5.85. The van der Waals surface area contributed by atoms with Crippen molar-refractivity contribution in [3.8, 4) is 5.75 Å². The van der Waals surface area contributed by atoms with Gasteiger partial charge in [-0.25, -0.2) is 14.4 Å². The lowest BCUT2D eigenvalue weighted by Gasteiger charge is -2.17. The number of hydrogen-bond donors (Lipinski definition) is 1. The van der Waals surface area contributed by atoms with Crippen LogP contribution in [-0.2, 0) is 22.6 Å². The first kappa shape index (κ1) is 23.1. The van der Waals surface area contributed by atoms with Crippen molar-refractivity contribution in [2.24, 2.45) is 0 Å². The minimum Gasteiger partial charge on any atom is -0.445 e. The Balaban J connectivity index is 1.67. The largest absolute Gasteiger partial charge is 0.445 e. The maximum absolute atomic E-state index is 12.7. The van der Waals surface area contributed by atoms with Gasteiger partial charge in [0.1, 0.15) is 24.0 Å². The number of esters is 1. The molecule has 3 rings (SSSR count). The third kappa shape index (κ3) is 6.20. The highest BCUT2D eigenvalue weighted by Gasteiger charge is 2.23. The van der Waals surface area contributed by atoms with Gasteiger partial charge < -0.3 is 19.2 Å². The average molecular weight is 437 g/mol. The van der Waals surface area contributed by atoms with E-state index in [1.54, 1.807) is 12.1 Å². The zero-order valence-corrected chi connectivity index (χ0v) is 18.3. The summed E-state index contributed by atoms with van der Waals surface area (Å²) in [6.45, 7) is 4.03. The molecule has 0 fully saturated rings. The van der Waals surface area contributed by atoms with Gasteiger partial charge in [0.2, 0.25) is 0 Å². The molecule has 1 heterocycles. The molecule has 1 aromatic heterocycles. The summed E-state index contributed by atoms with van der Waals surface area (Å²) in [4.78, 5) is 36.7. The predicted molar refractivity (Wildman–Crippen MR) is 121 cm³/mol. The molecule has 1 amide bonds. The second-order valence-corrected chi connectivity index (χ2v) is 7.47. The molecule has 0 saturated heterocycles. The Labute approximate surface area is 186 Å². The van der Waals surface area contributed by atoms with Crippen molar-refractivity contribution in [2.75, 3.05) is 0 Å². The maximum atomic E-state index is 12.7. The van der Waals surface area contributed by atoms with Crippen LogP contribution < -0.4 is 15.7 Å². The molecule has 0 unspecified atom stereocenters. The first-order chi connectivity index (χ1) is 15.5. The molecule has 7 heteroatoms. The SMILES string of the molecule is CCCc1cc(=O)oc2cc(OC(=O)[C@H](CCC)NC(=O)OCc3ccccc3)ccc12. The molecule has 168 valence electrons. The fraction of sp³-hybridized carbons (Fsp3) is 0.320. The summed E-state index contributed by atoms with van der Waals surface area (Å²) in [5.41, 5.74) is 1.64. The summed E-state index contributed by atoms with van der Waals surface area (Å²) in [6.07, 6.45) is 1.99. The second kappa shape index (κ2) is 11.1. The van der Waals surface area contributed by atoms with E-state index in [2.05, 4.69) is 5.32 Å². The fourth-order valence-electron chi connectivity index (χ4n) is 3.38. The van der Waals surface area contributed by atoms with Crippen LogP contribution in [0.3, 0.4) is 0 Å². The summed E-state index contributed by atoms with van der Waals surface area (Å²) in [5.74, 6) is -0.380. The Kier molecular flexibility index (Phi) is 8.02. The highest BCUT2D eigenvalue weighted by atomic mass is 16.6. The van der Waals surface area contributed by atoms with E-state index in [0.29, 0.717) is 18.4 Å². The molecule has 0 aliphatic heterocycles. The van der Waals surface area contributed by atoms with Crippen LogP contribution in [0, 0.1) is 0 Å². The van der Waals surface area contributed by atoms with Crippen molar-refractivity contribution in [3.05, 3.63) is 76.1 Å². The average Bonchev–Trinajstić information content (AvgIpc) is 2.78. The van der Waals surface area contributed by atoms with E-state index in [0.717, 1.165) is 29.4 Å². The zero-order chi connectivity index (χ0) is 22.9. The van der Waals surface area contributed by atoms with Gasteiger partial charge >= 0.3 is 17.7 Å². The van der Waals surface area contributed by atoms with Gasteiger partial charge in [-0.05, 0) is 36.1 Å². The number of benzene rings is 2. The standard InChI is InChI=1S/C25H27NO6/c1-3-8-18-14-23(27)32-22-15-19(12-13-20(18)22)31-24(28)21(9-4-2)26-25(29)30-16-17-10-6-5-7-11-17/h5-7,10-15,21H,3-4,8-9,16H2,1-2H3,(H,26,29)/t21-/m0/s1. The van der Waals surface area contributed by atoms with Crippen LogP contribution in [0.2, 0.25) is 0 Å². The number of hydrogen-bond acceptors (Lipinski definition) is 6. The van der Waals surface area contributed by atoms with Crippen LogP contribution in [0.4, 0.5) is 4.79 Å². The first-order valence-electron chi connectivity index (χ1n) is 10.8. The fourth-order valence-corrected chi connectivity index (χ4v) is 3.38. The highest BCUT2D eigenvalue weighted by Crippen LogP contribution is 2.24. The molecule has 0 bridgehead atoms. The van der Waals surface area contributed by atoms with Gasteiger partial charge in [-0.2, -0.15) is 0 Å². The summed E-state index contributed by atoms with van der Waals surface area (Å²) < 4.78 is 16.0. The van der Waals surface area contributed by atoms with Gasteiger partial charge in [0.15, 0.2) is 0 Å². The van der Waals surface area contributed by atoms with Gasteiger partial charge in [0, 0.05) is 17.5 Å². The topological polar surface area (TPSA) is 94.8 Å². The number of aryl methyl sites for hydroxylation is 1. The van der Waals surface area contributed by atoms with Crippen LogP contribution >= 0.6 is 0 Å². The molecular weight excluding hydrogens is 410 g/mol. The van der Waals surface area contributed by atoms with Gasteiger partial charge in [-0.3, -0.25) is 0 Å². The lowest BCUT2D eigenvalue weighted by Crippen LogP contribution is -2.43. The molecule has 1 N–H and O–H groups in total. The second-order valence-electron chi connectivity index (χ2n) is 7.47. The van der Waals surface area contributed by atoms with Gasteiger partial charge in [-0.15, -0.1) is 0 Å². The summed E-state index contributed by atoms with van der Waals surface area (Å²) >= 11 is 0. The van der Waals surface area contributed by atoms with Gasteiger partial charge in [0.05, 0.1) is 0 Å². The van der Waals surface area contributed by atoms with Crippen LogP contribution in [0.1, 0.15) is 44.2 Å². The minimum absolute atomic E-state index is 0.102. The third-order valence-electron chi connectivity index (χ3n) is 4.91. The van der Waals surface area contributed by atoms with E-state index in [1.165, 1.54) is 12.1 Å². The lowest BCUT2D eigenvalue weighted by molar-refractivity contribution is -0.136. The van der Waals surface area contributed by atoms with E-state index in [4.69, 9.17) is 13.9 Å². The molecule has 1 atom stereocenters. The summed E-state index contributed by atoms with van der Waals surface area (Å²) in [5, 5.41) is 3.38. The predicted octanol–water partition coefficient (Wildman–Crippen LogP) is 4.75. The number of rotatable bonds is 9. The van der Waals surface area contributed by atoms with E-state index < -0.39 is 23.7 Å².